The van der Waals surface area contributed by atoms with Crippen LogP contribution in [0, 0.1) is 17.8 Å². The van der Waals surface area contributed by atoms with Gasteiger partial charge in [0.2, 0.25) is 0 Å². The van der Waals surface area contributed by atoms with Gasteiger partial charge < -0.3 is 10.2 Å². The topological polar surface area (TPSA) is 40.5 Å². The maximum Gasteiger partial charge on any atom is 0.0890 e. The van der Waals surface area contributed by atoms with E-state index in [4.69, 9.17) is 11.6 Å². The van der Waals surface area contributed by atoms with E-state index in [1.165, 1.54) is 22.3 Å². The first-order chi connectivity index (χ1) is 11.6. The Morgan fingerprint density at radius 1 is 0.920 bits per heavy atom. The predicted octanol–water partition coefficient (Wildman–Crippen LogP) is 5.17. The van der Waals surface area contributed by atoms with Crippen LogP contribution in [0.1, 0.15) is 54.4 Å². The van der Waals surface area contributed by atoms with Gasteiger partial charge in [0.05, 0.1) is 11.2 Å². The summed E-state index contributed by atoms with van der Waals surface area (Å²) in [4.78, 5) is 0. The van der Waals surface area contributed by atoms with Crippen LogP contribution in [-0.4, -0.2) is 27.3 Å². The molecular weight excluding hydrogens is 332 g/mol. The summed E-state index contributed by atoms with van der Waals surface area (Å²) in [5.41, 5.74) is 3.27. The molecule has 3 heteroatoms. The molecule has 0 radical (unpaired) electrons. The summed E-state index contributed by atoms with van der Waals surface area (Å²) in [6, 6.07) is 0. The van der Waals surface area contributed by atoms with Crippen LogP contribution in [0.4, 0.5) is 0 Å². The Labute approximate surface area is 158 Å². The molecule has 4 unspecified atom stereocenters. The number of alkyl halides is 1. The molecule has 0 aromatic heterocycles. The van der Waals surface area contributed by atoms with E-state index in [1.54, 1.807) is 0 Å². The van der Waals surface area contributed by atoms with Crippen LogP contribution >= 0.6 is 11.6 Å². The quantitative estimate of drug-likeness (QED) is 0.661. The molecule has 140 valence electrons. The molecule has 0 aromatic rings. The van der Waals surface area contributed by atoms with E-state index in [2.05, 4.69) is 39.8 Å². The number of allylic oxidation sites excluding steroid dienone is 4. The molecule has 0 spiro atoms. The summed E-state index contributed by atoms with van der Waals surface area (Å²) in [7, 11) is 0. The minimum atomic E-state index is -0.772. The van der Waals surface area contributed by atoms with Crippen LogP contribution in [0.3, 0.4) is 0 Å². The van der Waals surface area contributed by atoms with Crippen LogP contribution in [0.15, 0.2) is 46.6 Å². The van der Waals surface area contributed by atoms with Crippen molar-refractivity contribution >= 4 is 11.6 Å². The molecule has 0 amide bonds. The lowest BCUT2D eigenvalue weighted by atomic mass is 9.69. The van der Waals surface area contributed by atoms with E-state index in [0.717, 1.165) is 0 Å². The Bertz CT molecular complexity index is 588. The van der Waals surface area contributed by atoms with Gasteiger partial charge in [-0.2, -0.15) is 0 Å². The van der Waals surface area contributed by atoms with Gasteiger partial charge in [-0.25, -0.2) is 0 Å². The highest BCUT2D eigenvalue weighted by atomic mass is 35.5. The molecule has 0 saturated carbocycles. The Kier molecular flexibility index (Phi) is 6.08. The second kappa shape index (κ2) is 7.42. The van der Waals surface area contributed by atoms with Gasteiger partial charge in [0.25, 0.3) is 0 Å². The van der Waals surface area contributed by atoms with E-state index in [0.29, 0.717) is 18.7 Å². The summed E-state index contributed by atoms with van der Waals surface area (Å²) >= 11 is 6.41. The normalized spacial score (nSPS) is 37.0. The van der Waals surface area contributed by atoms with Gasteiger partial charge in [-0.15, -0.1) is 11.6 Å². The summed E-state index contributed by atoms with van der Waals surface area (Å²) in [5, 5.41) is 21.6. The number of halogens is 1. The number of aliphatic hydroxyl groups is 2. The average molecular weight is 365 g/mol. The molecule has 2 aliphatic rings. The summed E-state index contributed by atoms with van der Waals surface area (Å²) in [5.74, 6) is 0.716. The summed E-state index contributed by atoms with van der Waals surface area (Å²) in [6.07, 6.45) is 9.39. The molecule has 0 heterocycles. The third-order valence-electron chi connectivity index (χ3n) is 6.85. The van der Waals surface area contributed by atoms with Crippen LogP contribution in [0.5, 0.6) is 0 Å². The summed E-state index contributed by atoms with van der Waals surface area (Å²) in [6.45, 7) is 12.4. The van der Waals surface area contributed by atoms with Crippen molar-refractivity contribution in [1.29, 1.82) is 0 Å². The van der Waals surface area contributed by atoms with Gasteiger partial charge in [0.15, 0.2) is 0 Å². The molecule has 2 rings (SSSR count). The Morgan fingerprint density at radius 3 is 1.56 bits per heavy atom. The molecule has 0 fully saturated rings. The lowest BCUT2D eigenvalue weighted by Crippen LogP contribution is -2.38. The SMILES string of the molecule is CCC1(O)C=CC(C(CCl)C2=C(C)C(C)C(O)(CC)C=C2)=C(C)C1C. The monoisotopic (exact) mass is 364 g/mol. The Balaban J connectivity index is 2.45. The van der Waals surface area contributed by atoms with Gasteiger partial charge in [0, 0.05) is 23.6 Å². The van der Waals surface area contributed by atoms with Crippen molar-refractivity contribution in [2.24, 2.45) is 17.8 Å². The van der Waals surface area contributed by atoms with Gasteiger partial charge in [-0.1, -0.05) is 63.1 Å². The first kappa shape index (κ1) is 20.5. The van der Waals surface area contributed by atoms with Crippen molar-refractivity contribution in [2.45, 2.75) is 65.6 Å². The minimum absolute atomic E-state index is 0.0710. The molecule has 0 aliphatic heterocycles. The van der Waals surface area contributed by atoms with Crippen molar-refractivity contribution in [3.63, 3.8) is 0 Å². The molecule has 4 atom stereocenters. The van der Waals surface area contributed by atoms with Crippen LogP contribution in [0.2, 0.25) is 0 Å². The van der Waals surface area contributed by atoms with Crippen molar-refractivity contribution < 1.29 is 10.2 Å². The third kappa shape index (κ3) is 3.41. The molecule has 2 aliphatic carbocycles. The number of rotatable bonds is 5. The van der Waals surface area contributed by atoms with Gasteiger partial charge >= 0.3 is 0 Å². The van der Waals surface area contributed by atoms with E-state index in [9.17, 15) is 10.2 Å². The highest BCUT2D eigenvalue weighted by Crippen LogP contribution is 2.43. The third-order valence-corrected chi connectivity index (χ3v) is 7.16. The molecule has 2 nitrogen and oxygen atoms in total. The molecule has 2 N–H and O–H groups in total. The Hall–Kier alpha value is -0.830. The average Bonchev–Trinajstić information content (AvgIpc) is 2.61. The van der Waals surface area contributed by atoms with E-state index >= 15 is 0 Å². The van der Waals surface area contributed by atoms with E-state index in [1.807, 2.05) is 26.0 Å². The zero-order chi connectivity index (χ0) is 19.0. The molecule has 0 bridgehead atoms. The molecule has 0 aromatic carbocycles. The first-order valence-corrected chi connectivity index (χ1v) is 9.99. The summed E-state index contributed by atoms with van der Waals surface area (Å²) < 4.78 is 0. The zero-order valence-corrected chi connectivity index (χ0v) is 17.2. The fourth-order valence-electron chi connectivity index (χ4n) is 4.23. The lowest BCUT2D eigenvalue weighted by Gasteiger charge is -2.40. The van der Waals surface area contributed by atoms with Crippen LogP contribution < -0.4 is 0 Å². The van der Waals surface area contributed by atoms with Gasteiger partial charge in [-0.3, -0.25) is 0 Å². The first-order valence-electron chi connectivity index (χ1n) is 9.45. The zero-order valence-electron chi connectivity index (χ0n) is 16.4. The highest BCUT2D eigenvalue weighted by Gasteiger charge is 2.38. The van der Waals surface area contributed by atoms with Crippen molar-refractivity contribution in [2.75, 3.05) is 5.88 Å². The largest absolute Gasteiger partial charge is 0.385 e. The molecular formula is C22H33ClO2. The molecule has 25 heavy (non-hydrogen) atoms. The second-order valence-electron chi connectivity index (χ2n) is 7.78. The predicted molar refractivity (Wildman–Crippen MR) is 107 cm³/mol. The maximum atomic E-state index is 10.8. The van der Waals surface area contributed by atoms with Crippen molar-refractivity contribution in [1.82, 2.24) is 0 Å². The van der Waals surface area contributed by atoms with Crippen LogP contribution in [0.25, 0.3) is 0 Å². The fourth-order valence-corrected chi connectivity index (χ4v) is 4.57. The fraction of sp³-hybridized carbons (Fsp3) is 0.636. The lowest BCUT2D eigenvalue weighted by molar-refractivity contribution is 0.0433. The standard InChI is InChI=1S/C22H33ClO2/c1-7-21(24)11-9-18(14(3)16(21)5)20(13-23)19-10-12-22(25,8-2)17(6)15(19)4/h9-12,16-17,20,24-25H,7-8,13H2,1-6H3. The van der Waals surface area contributed by atoms with Gasteiger partial charge in [-0.05, 0) is 37.8 Å². The van der Waals surface area contributed by atoms with E-state index in [-0.39, 0.29) is 17.8 Å². The number of hydrogen-bond donors (Lipinski definition) is 2. The minimum Gasteiger partial charge on any atom is -0.385 e. The van der Waals surface area contributed by atoms with Crippen molar-refractivity contribution in [3.8, 4) is 0 Å². The molecule has 0 saturated heterocycles. The Morgan fingerprint density at radius 2 is 1.28 bits per heavy atom. The smallest absolute Gasteiger partial charge is 0.0890 e. The van der Waals surface area contributed by atoms with Gasteiger partial charge in [0.1, 0.15) is 0 Å². The highest BCUT2D eigenvalue weighted by molar-refractivity contribution is 6.18. The van der Waals surface area contributed by atoms with Crippen molar-refractivity contribution in [3.05, 3.63) is 46.6 Å². The maximum absolute atomic E-state index is 10.8. The second-order valence-corrected chi connectivity index (χ2v) is 8.09. The van der Waals surface area contributed by atoms with E-state index < -0.39 is 11.2 Å². The number of hydrogen-bond acceptors (Lipinski definition) is 2. The van der Waals surface area contributed by atoms with Crippen LogP contribution in [-0.2, 0) is 0 Å².